The molecule has 0 saturated carbocycles. The molecule has 0 radical (unpaired) electrons. The van der Waals surface area contributed by atoms with Crippen LogP contribution >= 0.6 is 0 Å². The van der Waals surface area contributed by atoms with Gasteiger partial charge >= 0.3 is 0 Å². The normalized spacial score (nSPS) is 26.2. The molecule has 24 heavy (non-hydrogen) atoms. The largest absolute Gasteiger partial charge is 0.495 e. The summed E-state index contributed by atoms with van der Waals surface area (Å²) in [6.07, 6.45) is 1.58. The first-order chi connectivity index (χ1) is 11.3. The van der Waals surface area contributed by atoms with Crippen molar-refractivity contribution in [2.24, 2.45) is 0 Å². The van der Waals surface area contributed by atoms with Gasteiger partial charge in [0.25, 0.3) is 0 Å². The molecule has 0 bridgehead atoms. The van der Waals surface area contributed by atoms with E-state index in [4.69, 9.17) is 4.74 Å². The van der Waals surface area contributed by atoms with Crippen molar-refractivity contribution in [1.29, 1.82) is 0 Å². The van der Waals surface area contributed by atoms with E-state index in [0.29, 0.717) is 12.3 Å². The summed E-state index contributed by atoms with van der Waals surface area (Å²) in [5, 5.41) is 10.4. The molecular formula is C17H26N2O4S. The van der Waals surface area contributed by atoms with Crippen molar-refractivity contribution in [3.05, 3.63) is 23.3 Å². The van der Waals surface area contributed by atoms with Gasteiger partial charge in [0.2, 0.25) is 10.0 Å². The number of aliphatic hydroxyl groups is 1. The van der Waals surface area contributed by atoms with E-state index >= 15 is 0 Å². The number of β-amino-alcohol motifs (C(OH)–C–C–N with tert-alkyl or cyclic N) is 1. The number of hydrogen-bond donors (Lipinski definition) is 1. The smallest absolute Gasteiger partial charge is 0.246 e. The fourth-order valence-electron chi connectivity index (χ4n) is 3.63. The molecule has 6 nitrogen and oxygen atoms in total. The van der Waals surface area contributed by atoms with Crippen LogP contribution in [0.25, 0.3) is 0 Å². The van der Waals surface area contributed by atoms with Crippen LogP contribution in [-0.4, -0.2) is 68.2 Å². The molecule has 1 aromatic carbocycles. The highest BCUT2D eigenvalue weighted by atomic mass is 32.2. The minimum Gasteiger partial charge on any atom is -0.495 e. The molecule has 0 aliphatic carbocycles. The lowest BCUT2D eigenvalue weighted by Gasteiger charge is -2.25. The van der Waals surface area contributed by atoms with Crippen LogP contribution in [0, 0.1) is 13.8 Å². The lowest BCUT2D eigenvalue weighted by atomic mass is 10.1. The fourth-order valence-corrected chi connectivity index (χ4v) is 5.33. The summed E-state index contributed by atoms with van der Waals surface area (Å²) in [6.45, 7) is 6.15. The summed E-state index contributed by atoms with van der Waals surface area (Å²) in [7, 11) is -2.21. The minimum absolute atomic E-state index is 0.111. The molecule has 1 aromatic rings. The average Bonchev–Trinajstić information content (AvgIpc) is 3.18. The summed E-state index contributed by atoms with van der Waals surface area (Å²) in [5.74, 6) is 0.359. The summed E-state index contributed by atoms with van der Waals surface area (Å²) < 4.78 is 32.9. The molecule has 2 fully saturated rings. The van der Waals surface area contributed by atoms with Crippen LogP contribution in [-0.2, 0) is 10.0 Å². The molecule has 2 atom stereocenters. The number of hydrogen-bond acceptors (Lipinski definition) is 5. The van der Waals surface area contributed by atoms with Gasteiger partial charge in [0.05, 0.1) is 19.3 Å². The van der Waals surface area contributed by atoms with Crippen LogP contribution in [0.15, 0.2) is 17.0 Å². The van der Waals surface area contributed by atoms with E-state index in [1.807, 2.05) is 13.8 Å². The first-order valence-corrected chi connectivity index (χ1v) is 9.86. The van der Waals surface area contributed by atoms with E-state index in [9.17, 15) is 13.5 Å². The Morgan fingerprint density at radius 2 is 1.75 bits per heavy atom. The van der Waals surface area contributed by atoms with Crippen LogP contribution in [0.5, 0.6) is 5.75 Å². The van der Waals surface area contributed by atoms with E-state index < -0.39 is 16.1 Å². The lowest BCUT2D eigenvalue weighted by molar-refractivity contribution is 0.0983. The van der Waals surface area contributed by atoms with E-state index in [0.717, 1.165) is 37.1 Å². The first kappa shape index (κ1) is 17.7. The molecule has 0 amide bonds. The van der Waals surface area contributed by atoms with Gasteiger partial charge in [-0.25, -0.2) is 8.42 Å². The van der Waals surface area contributed by atoms with Gasteiger partial charge in [0.15, 0.2) is 0 Å². The number of nitrogens with zero attached hydrogens (tertiary/aromatic N) is 2. The molecule has 2 aliphatic heterocycles. The quantitative estimate of drug-likeness (QED) is 0.878. The van der Waals surface area contributed by atoms with Crippen LogP contribution in [0.4, 0.5) is 0 Å². The molecule has 0 unspecified atom stereocenters. The zero-order chi connectivity index (χ0) is 17.5. The van der Waals surface area contributed by atoms with E-state index in [2.05, 4.69) is 4.90 Å². The summed E-state index contributed by atoms with van der Waals surface area (Å²) in [5.41, 5.74) is 1.90. The second kappa shape index (κ2) is 6.63. The molecule has 0 spiro atoms. The van der Waals surface area contributed by atoms with Crippen LogP contribution in [0.3, 0.4) is 0 Å². The third-order valence-electron chi connectivity index (χ3n) is 5.23. The Morgan fingerprint density at radius 3 is 2.38 bits per heavy atom. The zero-order valence-corrected chi connectivity index (χ0v) is 15.3. The molecule has 134 valence electrons. The molecule has 3 rings (SSSR count). The Balaban J connectivity index is 1.90. The number of aliphatic hydroxyl groups excluding tert-OH is 1. The van der Waals surface area contributed by atoms with Crippen molar-refractivity contribution in [3.63, 3.8) is 0 Å². The maximum atomic E-state index is 13.1. The first-order valence-electron chi connectivity index (χ1n) is 8.42. The molecule has 0 aromatic heterocycles. The molecule has 2 aliphatic rings. The summed E-state index contributed by atoms with van der Waals surface area (Å²) in [4.78, 5) is 2.39. The molecular weight excluding hydrogens is 328 g/mol. The van der Waals surface area contributed by atoms with Crippen molar-refractivity contribution in [2.45, 2.75) is 43.7 Å². The lowest BCUT2D eigenvalue weighted by Crippen LogP contribution is -2.41. The Labute approximate surface area is 144 Å². The SMILES string of the molecule is COc1cc(C)c(C)cc1S(=O)(=O)N1C[C@H](O)[C@@H](N2CCCC2)C1. The van der Waals surface area contributed by atoms with E-state index in [1.165, 1.54) is 11.4 Å². The Bertz CT molecular complexity index is 714. The summed E-state index contributed by atoms with van der Waals surface area (Å²) in [6, 6.07) is 3.31. The highest BCUT2D eigenvalue weighted by molar-refractivity contribution is 7.89. The molecule has 2 saturated heterocycles. The topological polar surface area (TPSA) is 70.1 Å². The van der Waals surface area contributed by atoms with Gasteiger partial charge in [-0.15, -0.1) is 0 Å². The molecule has 1 N–H and O–H groups in total. The number of rotatable bonds is 4. The van der Waals surface area contributed by atoms with E-state index in [-0.39, 0.29) is 17.5 Å². The molecule has 7 heteroatoms. The maximum absolute atomic E-state index is 13.1. The van der Waals surface area contributed by atoms with Gasteiger partial charge in [-0.3, -0.25) is 4.90 Å². The number of benzene rings is 1. The van der Waals surface area contributed by atoms with Crippen LogP contribution < -0.4 is 4.74 Å². The van der Waals surface area contributed by atoms with Crippen LogP contribution in [0.2, 0.25) is 0 Å². The highest BCUT2D eigenvalue weighted by Gasteiger charge is 2.42. The second-order valence-electron chi connectivity index (χ2n) is 6.79. The monoisotopic (exact) mass is 354 g/mol. The number of methoxy groups -OCH3 is 1. The third-order valence-corrected chi connectivity index (χ3v) is 7.09. The predicted molar refractivity (Wildman–Crippen MR) is 91.8 cm³/mol. The molecule has 2 heterocycles. The standard InChI is InChI=1S/C17H26N2O4S/c1-12-8-16(23-3)17(9-13(12)2)24(21,22)19-10-14(15(20)11-19)18-6-4-5-7-18/h8-9,14-15,20H,4-7,10-11H2,1-3H3/t14-,15-/m0/s1. The van der Waals surface area contributed by atoms with Gasteiger partial charge < -0.3 is 9.84 Å². The average molecular weight is 354 g/mol. The third kappa shape index (κ3) is 3.06. The number of ether oxygens (including phenoxy) is 1. The number of sulfonamides is 1. The van der Waals surface area contributed by atoms with Gasteiger partial charge in [-0.05, 0) is 63.0 Å². The predicted octanol–water partition coefficient (Wildman–Crippen LogP) is 1.14. The highest BCUT2D eigenvalue weighted by Crippen LogP contribution is 2.32. The van der Waals surface area contributed by atoms with Crippen molar-refractivity contribution in [2.75, 3.05) is 33.3 Å². The zero-order valence-electron chi connectivity index (χ0n) is 14.5. The second-order valence-corrected chi connectivity index (χ2v) is 8.69. The van der Waals surface area contributed by atoms with Gasteiger partial charge in [-0.2, -0.15) is 4.31 Å². The Kier molecular flexibility index (Phi) is 4.88. The Morgan fingerprint density at radius 1 is 1.12 bits per heavy atom. The Hall–Kier alpha value is -1.15. The maximum Gasteiger partial charge on any atom is 0.246 e. The summed E-state index contributed by atoms with van der Waals surface area (Å²) >= 11 is 0. The van der Waals surface area contributed by atoms with Gasteiger partial charge in [0.1, 0.15) is 10.6 Å². The van der Waals surface area contributed by atoms with Crippen molar-refractivity contribution >= 4 is 10.0 Å². The van der Waals surface area contributed by atoms with Crippen molar-refractivity contribution in [1.82, 2.24) is 9.21 Å². The van der Waals surface area contributed by atoms with Crippen molar-refractivity contribution < 1.29 is 18.3 Å². The van der Waals surface area contributed by atoms with Gasteiger partial charge in [-0.1, -0.05) is 0 Å². The number of aryl methyl sites for hydroxylation is 2. The number of likely N-dealkylation sites (tertiary alicyclic amines) is 1. The van der Waals surface area contributed by atoms with Crippen molar-refractivity contribution in [3.8, 4) is 5.75 Å². The minimum atomic E-state index is -3.69. The van der Waals surface area contributed by atoms with E-state index in [1.54, 1.807) is 12.1 Å². The van der Waals surface area contributed by atoms with Gasteiger partial charge in [0, 0.05) is 13.1 Å². The fraction of sp³-hybridized carbons (Fsp3) is 0.647. The van der Waals surface area contributed by atoms with Crippen LogP contribution in [0.1, 0.15) is 24.0 Å².